The van der Waals surface area contributed by atoms with E-state index in [1.165, 1.54) is 6.07 Å². The number of hydrogen-bond donors (Lipinski definition) is 2. The lowest BCUT2D eigenvalue weighted by Crippen LogP contribution is -2.42. The average molecular weight is 547 g/mol. The molecule has 1 aromatic heterocycles. The molecular formula is C31H32F2N4O3. The fourth-order valence-corrected chi connectivity index (χ4v) is 5.41. The van der Waals surface area contributed by atoms with Gasteiger partial charge in [-0.15, -0.1) is 0 Å². The third-order valence-electron chi connectivity index (χ3n) is 7.29. The molecule has 40 heavy (non-hydrogen) atoms. The van der Waals surface area contributed by atoms with Crippen LogP contribution in [0.25, 0.3) is 10.9 Å². The normalized spacial score (nSPS) is 15.0. The van der Waals surface area contributed by atoms with Crippen molar-refractivity contribution < 1.29 is 23.0 Å². The summed E-state index contributed by atoms with van der Waals surface area (Å²) in [6.45, 7) is 3.54. The Labute approximate surface area is 232 Å². The third kappa shape index (κ3) is 5.84. The smallest absolute Gasteiger partial charge is 0.319 e. The lowest BCUT2D eigenvalue weighted by Gasteiger charge is -2.38. The Balaban J connectivity index is 1.33. The van der Waals surface area contributed by atoms with Crippen LogP contribution in [-0.2, 0) is 12.8 Å². The molecule has 0 fully saturated rings. The molecule has 5 rings (SSSR count). The molecule has 7 nitrogen and oxygen atoms in total. The van der Waals surface area contributed by atoms with E-state index in [1.54, 1.807) is 20.3 Å². The molecule has 1 aliphatic rings. The number of aromatic nitrogens is 1. The molecule has 1 atom stereocenters. The molecule has 2 amide bonds. The van der Waals surface area contributed by atoms with E-state index in [0.29, 0.717) is 42.3 Å². The molecule has 208 valence electrons. The number of carbonyl (C=O) groups excluding carboxylic acids is 1. The first-order valence-electron chi connectivity index (χ1n) is 13.2. The molecule has 4 aromatic rings. The van der Waals surface area contributed by atoms with Crippen molar-refractivity contribution in [3.05, 3.63) is 94.7 Å². The molecule has 0 saturated carbocycles. The van der Waals surface area contributed by atoms with Gasteiger partial charge in [0.15, 0.2) is 11.6 Å². The quantitative estimate of drug-likeness (QED) is 0.292. The minimum absolute atomic E-state index is 0.175. The summed E-state index contributed by atoms with van der Waals surface area (Å²) in [5.74, 6) is -0.372. The summed E-state index contributed by atoms with van der Waals surface area (Å²) in [5.41, 5.74) is 5.07. The Bertz CT molecular complexity index is 1530. The maximum absolute atomic E-state index is 14.1. The Morgan fingerprint density at radius 3 is 2.65 bits per heavy atom. The number of benzene rings is 3. The van der Waals surface area contributed by atoms with Crippen LogP contribution in [0.15, 0.2) is 60.7 Å². The standard InChI is InChI=1S/C31H32F2N4O3/c1-19-14-27(23-6-4-5-7-26(23)35-19)36-31(38)34-11-13-37-12-10-21-17-22(39-2)18-29(40-3)30(21)28(37)16-20-8-9-24(32)25(33)15-20/h4-9,14-15,17-18,28H,10-13,16H2,1-3H3,(H2,34,35,36,38). The Kier molecular flexibility index (Phi) is 8.11. The average Bonchev–Trinajstić information content (AvgIpc) is 2.95. The first-order valence-corrected chi connectivity index (χ1v) is 13.2. The highest BCUT2D eigenvalue weighted by Gasteiger charge is 2.31. The largest absolute Gasteiger partial charge is 0.497 e. The van der Waals surface area contributed by atoms with Gasteiger partial charge < -0.3 is 20.1 Å². The van der Waals surface area contributed by atoms with Crippen molar-refractivity contribution in [3.8, 4) is 11.5 Å². The van der Waals surface area contributed by atoms with Crippen LogP contribution in [0.2, 0.25) is 0 Å². The lowest BCUT2D eigenvalue weighted by atomic mass is 9.87. The van der Waals surface area contributed by atoms with Crippen molar-refractivity contribution in [1.82, 2.24) is 15.2 Å². The molecule has 0 saturated heterocycles. The van der Waals surface area contributed by atoms with E-state index in [4.69, 9.17) is 9.47 Å². The number of nitrogens with zero attached hydrogens (tertiary/aromatic N) is 2. The number of carbonyl (C=O) groups is 1. The number of nitrogens with one attached hydrogen (secondary N) is 2. The number of urea groups is 1. The fourth-order valence-electron chi connectivity index (χ4n) is 5.41. The van der Waals surface area contributed by atoms with Crippen LogP contribution in [0.5, 0.6) is 11.5 Å². The molecule has 1 unspecified atom stereocenters. The van der Waals surface area contributed by atoms with E-state index in [-0.39, 0.29) is 12.1 Å². The molecule has 9 heteroatoms. The monoisotopic (exact) mass is 546 g/mol. The van der Waals surface area contributed by atoms with Crippen LogP contribution < -0.4 is 20.1 Å². The van der Waals surface area contributed by atoms with Crippen molar-refractivity contribution in [3.63, 3.8) is 0 Å². The second-order valence-electron chi connectivity index (χ2n) is 9.87. The Morgan fingerprint density at radius 1 is 1.05 bits per heavy atom. The predicted octanol–water partition coefficient (Wildman–Crippen LogP) is 5.80. The number of pyridine rings is 1. The third-order valence-corrected chi connectivity index (χ3v) is 7.29. The van der Waals surface area contributed by atoms with Gasteiger partial charge in [-0.05, 0) is 61.2 Å². The predicted molar refractivity (Wildman–Crippen MR) is 151 cm³/mol. The molecular weight excluding hydrogens is 514 g/mol. The Hall–Kier alpha value is -4.24. The first kappa shape index (κ1) is 27.3. The van der Waals surface area contributed by atoms with Crippen molar-refractivity contribution in [2.75, 3.05) is 39.2 Å². The van der Waals surface area contributed by atoms with Crippen LogP contribution in [0.3, 0.4) is 0 Å². The van der Waals surface area contributed by atoms with Gasteiger partial charge in [-0.25, -0.2) is 13.6 Å². The van der Waals surface area contributed by atoms with E-state index in [0.717, 1.165) is 46.8 Å². The number of methoxy groups -OCH3 is 2. The summed E-state index contributed by atoms with van der Waals surface area (Å²) < 4.78 is 38.9. The summed E-state index contributed by atoms with van der Waals surface area (Å²) in [6, 6.07) is 16.9. The molecule has 0 aliphatic carbocycles. The zero-order chi connectivity index (χ0) is 28.2. The van der Waals surface area contributed by atoms with Gasteiger partial charge in [-0.2, -0.15) is 0 Å². The highest BCUT2D eigenvalue weighted by atomic mass is 19.2. The Morgan fingerprint density at radius 2 is 1.88 bits per heavy atom. The van der Waals surface area contributed by atoms with Crippen LogP contribution in [0.1, 0.15) is 28.4 Å². The zero-order valence-electron chi connectivity index (χ0n) is 22.8. The van der Waals surface area contributed by atoms with Gasteiger partial charge in [-0.1, -0.05) is 24.3 Å². The topological polar surface area (TPSA) is 75.7 Å². The van der Waals surface area contributed by atoms with Gasteiger partial charge >= 0.3 is 6.03 Å². The fraction of sp³-hybridized carbons (Fsp3) is 0.290. The van der Waals surface area contributed by atoms with E-state index in [2.05, 4.69) is 20.5 Å². The zero-order valence-corrected chi connectivity index (χ0v) is 22.8. The lowest BCUT2D eigenvalue weighted by molar-refractivity contribution is 0.179. The minimum atomic E-state index is -0.876. The van der Waals surface area contributed by atoms with Gasteiger partial charge in [0.25, 0.3) is 0 Å². The first-order chi connectivity index (χ1) is 19.4. The van der Waals surface area contributed by atoms with Crippen LogP contribution in [0, 0.1) is 18.6 Å². The highest BCUT2D eigenvalue weighted by molar-refractivity contribution is 6.00. The van der Waals surface area contributed by atoms with Crippen molar-refractivity contribution in [2.45, 2.75) is 25.8 Å². The number of anilines is 1. The maximum Gasteiger partial charge on any atom is 0.319 e. The number of amides is 2. The van der Waals surface area contributed by atoms with Crippen molar-refractivity contribution in [2.24, 2.45) is 0 Å². The highest BCUT2D eigenvalue weighted by Crippen LogP contribution is 2.41. The summed E-state index contributed by atoms with van der Waals surface area (Å²) in [7, 11) is 3.22. The maximum atomic E-state index is 14.1. The number of rotatable bonds is 8. The van der Waals surface area contributed by atoms with Gasteiger partial charge in [0, 0.05) is 48.4 Å². The number of fused-ring (bicyclic) bond motifs is 2. The van der Waals surface area contributed by atoms with Gasteiger partial charge in [0.1, 0.15) is 11.5 Å². The number of hydrogen-bond acceptors (Lipinski definition) is 5. The molecule has 2 heterocycles. The molecule has 0 radical (unpaired) electrons. The molecule has 0 bridgehead atoms. The number of halogens is 2. The second-order valence-corrected chi connectivity index (χ2v) is 9.87. The van der Waals surface area contributed by atoms with Crippen molar-refractivity contribution in [1.29, 1.82) is 0 Å². The summed E-state index contributed by atoms with van der Waals surface area (Å²) in [6.07, 6.45) is 1.20. The van der Waals surface area contributed by atoms with Gasteiger partial charge in [0.05, 0.1) is 25.4 Å². The SMILES string of the molecule is COc1cc2c(c(OC)c1)C(Cc1ccc(F)c(F)c1)N(CCNC(=O)Nc1cc(C)nc3ccccc13)CC2. The van der Waals surface area contributed by atoms with E-state index < -0.39 is 11.6 Å². The molecule has 1 aliphatic heterocycles. The number of ether oxygens (including phenoxy) is 2. The number of aryl methyl sites for hydroxylation is 1. The van der Waals surface area contributed by atoms with Crippen LogP contribution in [0.4, 0.5) is 19.3 Å². The second kappa shape index (κ2) is 11.9. The number of para-hydroxylation sites is 1. The van der Waals surface area contributed by atoms with Crippen molar-refractivity contribution >= 4 is 22.6 Å². The van der Waals surface area contributed by atoms with E-state index in [9.17, 15) is 13.6 Å². The van der Waals surface area contributed by atoms with Crippen LogP contribution in [-0.4, -0.2) is 49.8 Å². The summed E-state index contributed by atoms with van der Waals surface area (Å²) >= 11 is 0. The summed E-state index contributed by atoms with van der Waals surface area (Å²) in [4.78, 5) is 19.6. The molecule has 3 aromatic carbocycles. The summed E-state index contributed by atoms with van der Waals surface area (Å²) in [5, 5.41) is 6.78. The van der Waals surface area contributed by atoms with Gasteiger partial charge in [0.2, 0.25) is 0 Å². The molecule has 2 N–H and O–H groups in total. The van der Waals surface area contributed by atoms with E-state index >= 15 is 0 Å². The van der Waals surface area contributed by atoms with Gasteiger partial charge in [-0.3, -0.25) is 9.88 Å². The van der Waals surface area contributed by atoms with E-state index in [1.807, 2.05) is 49.4 Å². The molecule has 0 spiro atoms. The van der Waals surface area contributed by atoms with Crippen LogP contribution >= 0.6 is 0 Å². The minimum Gasteiger partial charge on any atom is -0.497 e.